The van der Waals surface area contributed by atoms with Gasteiger partial charge in [0.25, 0.3) is 5.91 Å². The first-order chi connectivity index (χ1) is 12.5. The molecule has 0 radical (unpaired) electrons. The molecule has 1 aromatic carbocycles. The molecule has 6 heteroatoms. The minimum absolute atomic E-state index is 0.0156. The predicted octanol–water partition coefficient (Wildman–Crippen LogP) is 4.20. The number of hydrogen-bond acceptors (Lipinski definition) is 4. The maximum absolute atomic E-state index is 12.5. The lowest BCUT2D eigenvalue weighted by Crippen LogP contribution is -2.37. The molecule has 0 bridgehead atoms. The van der Waals surface area contributed by atoms with E-state index in [4.69, 9.17) is 4.42 Å². The Morgan fingerprint density at radius 3 is 2.33 bits per heavy atom. The van der Waals surface area contributed by atoms with Gasteiger partial charge in [0, 0.05) is 26.0 Å². The Morgan fingerprint density at radius 1 is 1.07 bits per heavy atom. The van der Waals surface area contributed by atoms with Gasteiger partial charge < -0.3 is 14.2 Å². The van der Waals surface area contributed by atoms with E-state index in [0.29, 0.717) is 5.09 Å². The smallest absolute Gasteiger partial charge is 0.289 e. The summed E-state index contributed by atoms with van der Waals surface area (Å²) >= 11 is 1.50. The molecule has 146 valence electrons. The average Bonchev–Trinajstić information content (AvgIpc) is 3.03. The normalized spacial score (nSPS) is 11.4. The molecule has 1 heterocycles. The first kappa shape index (κ1) is 21.1. The fourth-order valence-electron chi connectivity index (χ4n) is 2.38. The van der Waals surface area contributed by atoms with Gasteiger partial charge in [0.15, 0.2) is 10.9 Å². The molecule has 2 amide bonds. The average molecular weight is 389 g/mol. The van der Waals surface area contributed by atoms with Crippen LogP contribution >= 0.6 is 11.8 Å². The maximum Gasteiger partial charge on any atom is 0.289 e. The van der Waals surface area contributed by atoms with Crippen LogP contribution in [0.3, 0.4) is 0 Å². The summed E-state index contributed by atoms with van der Waals surface area (Å²) in [5.41, 5.74) is 2.47. The molecule has 1 aromatic heterocycles. The fourth-order valence-corrected chi connectivity index (χ4v) is 3.28. The standard InChI is InChI=1S/C21H28N2O3S/c1-14-8-9-15(21(2,3)4)12-17(14)27-19-11-10-16(26-19)20(25)23(7)13-18(24)22(5)6/h8-12H,13H2,1-7H3. The number of nitrogens with zero attached hydrogens (tertiary/aromatic N) is 2. The molecule has 0 atom stereocenters. The maximum atomic E-state index is 12.5. The van der Waals surface area contributed by atoms with Gasteiger partial charge in [-0.05, 0) is 41.7 Å². The second kappa shape index (κ2) is 8.21. The number of hydrogen-bond donors (Lipinski definition) is 0. The number of likely N-dealkylation sites (N-methyl/N-ethyl adjacent to an activating group) is 2. The fraction of sp³-hybridized carbons (Fsp3) is 0.429. The Hall–Kier alpha value is -2.21. The van der Waals surface area contributed by atoms with Gasteiger partial charge in [-0.15, -0.1) is 0 Å². The first-order valence-corrected chi connectivity index (χ1v) is 9.65. The van der Waals surface area contributed by atoms with Crippen LogP contribution in [0.5, 0.6) is 0 Å². The topological polar surface area (TPSA) is 53.8 Å². The van der Waals surface area contributed by atoms with Gasteiger partial charge in [-0.1, -0.05) is 44.7 Å². The third kappa shape index (κ3) is 5.39. The Morgan fingerprint density at radius 2 is 1.74 bits per heavy atom. The number of amides is 2. The van der Waals surface area contributed by atoms with Crippen LogP contribution in [-0.2, 0) is 10.2 Å². The molecule has 0 aliphatic heterocycles. The van der Waals surface area contributed by atoms with Crippen LogP contribution < -0.4 is 0 Å². The van der Waals surface area contributed by atoms with E-state index < -0.39 is 0 Å². The highest BCUT2D eigenvalue weighted by atomic mass is 32.2. The van der Waals surface area contributed by atoms with Crippen molar-refractivity contribution >= 4 is 23.6 Å². The zero-order valence-electron chi connectivity index (χ0n) is 17.1. The number of carbonyl (C=O) groups is 2. The number of rotatable bonds is 5. The second-order valence-electron chi connectivity index (χ2n) is 7.90. The van der Waals surface area contributed by atoms with E-state index in [2.05, 4.69) is 45.9 Å². The highest BCUT2D eigenvalue weighted by Gasteiger charge is 2.20. The van der Waals surface area contributed by atoms with Crippen molar-refractivity contribution in [2.24, 2.45) is 0 Å². The Balaban J connectivity index is 2.14. The zero-order chi connectivity index (χ0) is 20.4. The molecule has 2 aromatic rings. The molecule has 0 saturated carbocycles. The lowest BCUT2D eigenvalue weighted by atomic mass is 9.87. The number of benzene rings is 1. The van der Waals surface area contributed by atoms with Crippen molar-refractivity contribution < 1.29 is 14.0 Å². The molecule has 27 heavy (non-hydrogen) atoms. The SMILES string of the molecule is Cc1ccc(C(C)(C)C)cc1Sc1ccc(C(=O)N(C)CC(=O)N(C)C)o1. The minimum atomic E-state index is -0.308. The van der Waals surface area contributed by atoms with Crippen LogP contribution in [0.2, 0.25) is 0 Å². The van der Waals surface area contributed by atoms with Crippen molar-refractivity contribution in [2.75, 3.05) is 27.7 Å². The lowest BCUT2D eigenvalue weighted by Gasteiger charge is -2.20. The molecule has 0 saturated heterocycles. The van der Waals surface area contributed by atoms with Crippen LogP contribution in [0.4, 0.5) is 0 Å². The van der Waals surface area contributed by atoms with E-state index in [-0.39, 0.29) is 29.5 Å². The molecule has 0 fully saturated rings. The van der Waals surface area contributed by atoms with Gasteiger partial charge >= 0.3 is 0 Å². The van der Waals surface area contributed by atoms with Gasteiger partial charge in [-0.25, -0.2) is 0 Å². The predicted molar refractivity (Wildman–Crippen MR) is 108 cm³/mol. The van der Waals surface area contributed by atoms with E-state index in [9.17, 15) is 9.59 Å². The number of furan rings is 1. The number of carbonyl (C=O) groups excluding carboxylic acids is 2. The summed E-state index contributed by atoms with van der Waals surface area (Å²) in [4.78, 5) is 28.2. The van der Waals surface area contributed by atoms with Gasteiger partial charge in [0.05, 0.1) is 6.54 Å². The third-order valence-corrected chi connectivity index (χ3v) is 5.36. The Kier molecular flexibility index (Phi) is 6.42. The summed E-state index contributed by atoms with van der Waals surface area (Å²) in [6.45, 7) is 8.62. The second-order valence-corrected chi connectivity index (χ2v) is 8.95. The summed E-state index contributed by atoms with van der Waals surface area (Å²) in [6.07, 6.45) is 0. The molecule has 0 N–H and O–H groups in total. The van der Waals surface area contributed by atoms with Gasteiger partial charge in [0.2, 0.25) is 5.91 Å². The van der Waals surface area contributed by atoms with Crippen LogP contribution in [0.15, 0.2) is 44.7 Å². The van der Waals surface area contributed by atoms with E-state index in [0.717, 1.165) is 10.5 Å². The molecule has 5 nitrogen and oxygen atoms in total. The molecular formula is C21H28N2O3S. The number of aryl methyl sites for hydroxylation is 1. The van der Waals surface area contributed by atoms with Crippen LogP contribution in [0.25, 0.3) is 0 Å². The summed E-state index contributed by atoms with van der Waals surface area (Å²) in [5, 5.41) is 0.653. The van der Waals surface area contributed by atoms with Gasteiger partial charge in [-0.3, -0.25) is 9.59 Å². The van der Waals surface area contributed by atoms with E-state index in [1.165, 1.54) is 27.1 Å². The summed E-state index contributed by atoms with van der Waals surface area (Å²) in [5.74, 6) is -0.213. The Bertz CT molecular complexity index is 834. The monoisotopic (exact) mass is 388 g/mol. The van der Waals surface area contributed by atoms with Crippen molar-refractivity contribution in [3.63, 3.8) is 0 Å². The molecule has 0 spiro atoms. The minimum Gasteiger partial charge on any atom is -0.444 e. The zero-order valence-corrected chi connectivity index (χ0v) is 17.9. The van der Waals surface area contributed by atoms with Crippen molar-refractivity contribution in [3.8, 4) is 0 Å². The third-order valence-electron chi connectivity index (χ3n) is 4.27. The first-order valence-electron chi connectivity index (χ1n) is 8.83. The molecule has 0 aliphatic rings. The highest BCUT2D eigenvalue weighted by Crippen LogP contribution is 2.35. The van der Waals surface area contributed by atoms with E-state index >= 15 is 0 Å². The van der Waals surface area contributed by atoms with Crippen molar-refractivity contribution in [1.82, 2.24) is 9.80 Å². The molecule has 0 unspecified atom stereocenters. The quantitative estimate of drug-likeness (QED) is 0.770. The van der Waals surface area contributed by atoms with Gasteiger partial charge in [-0.2, -0.15) is 0 Å². The molecule has 0 aliphatic carbocycles. The largest absolute Gasteiger partial charge is 0.444 e. The van der Waals surface area contributed by atoms with Crippen molar-refractivity contribution in [2.45, 2.75) is 43.1 Å². The highest BCUT2D eigenvalue weighted by molar-refractivity contribution is 7.99. The van der Waals surface area contributed by atoms with Crippen molar-refractivity contribution in [1.29, 1.82) is 0 Å². The lowest BCUT2D eigenvalue weighted by molar-refractivity contribution is -0.129. The summed E-state index contributed by atoms with van der Waals surface area (Å²) in [6, 6.07) is 9.88. The van der Waals surface area contributed by atoms with E-state index in [1.54, 1.807) is 33.3 Å². The van der Waals surface area contributed by atoms with Crippen LogP contribution in [-0.4, -0.2) is 49.3 Å². The van der Waals surface area contributed by atoms with Crippen molar-refractivity contribution in [3.05, 3.63) is 47.2 Å². The summed E-state index contributed by atoms with van der Waals surface area (Å²) in [7, 11) is 4.92. The molecule has 2 rings (SSSR count). The summed E-state index contributed by atoms with van der Waals surface area (Å²) < 4.78 is 5.74. The Labute approximate surface area is 165 Å². The van der Waals surface area contributed by atoms with Gasteiger partial charge in [0.1, 0.15) is 0 Å². The van der Waals surface area contributed by atoms with Crippen LogP contribution in [0, 0.1) is 6.92 Å². The van der Waals surface area contributed by atoms with Crippen LogP contribution in [0.1, 0.15) is 42.5 Å². The van der Waals surface area contributed by atoms with E-state index in [1.807, 2.05) is 0 Å². The molecular weight excluding hydrogens is 360 g/mol.